The molecule has 0 aliphatic carbocycles. The highest BCUT2D eigenvalue weighted by Gasteiger charge is 2.37. The van der Waals surface area contributed by atoms with E-state index in [0.717, 1.165) is 24.2 Å². The van der Waals surface area contributed by atoms with Crippen LogP contribution in [0, 0.1) is 0 Å². The Balaban J connectivity index is 2.34. The van der Waals surface area contributed by atoms with E-state index in [1.807, 2.05) is 12.1 Å². The van der Waals surface area contributed by atoms with Gasteiger partial charge in [0.15, 0.2) is 0 Å². The zero-order valence-electron chi connectivity index (χ0n) is 12.0. The standard InChI is InChI=1S/C15H19Cl2NO3/c1-20-13-3-2-11(17)8-12(13)15(4-6-21-7-5-15)10-18-14(19)9-16/h2-3,8H,4-7,9-10H2,1H3,(H,18,19). The minimum Gasteiger partial charge on any atom is -0.496 e. The van der Waals surface area contributed by atoms with Gasteiger partial charge in [-0.3, -0.25) is 4.79 Å². The predicted octanol–water partition coefficient (Wildman–Crippen LogP) is 2.75. The second-order valence-electron chi connectivity index (χ2n) is 5.15. The normalized spacial score (nSPS) is 17.3. The van der Waals surface area contributed by atoms with E-state index in [4.69, 9.17) is 32.7 Å². The topological polar surface area (TPSA) is 47.6 Å². The molecule has 1 amide bonds. The van der Waals surface area contributed by atoms with Gasteiger partial charge in [-0.25, -0.2) is 0 Å². The van der Waals surface area contributed by atoms with Crippen LogP contribution in [0.5, 0.6) is 5.75 Å². The summed E-state index contributed by atoms with van der Waals surface area (Å²) >= 11 is 11.7. The fourth-order valence-corrected chi connectivity index (χ4v) is 2.98. The van der Waals surface area contributed by atoms with Crippen LogP contribution < -0.4 is 10.1 Å². The highest BCUT2D eigenvalue weighted by Crippen LogP contribution is 2.40. The lowest BCUT2D eigenvalue weighted by molar-refractivity contribution is -0.119. The fraction of sp³-hybridized carbons (Fsp3) is 0.533. The highest BCUT2D eigenvalue weighted by molar-refractivity contribution is 6.30. The van der Waals surface area contributed by atoms with Crippen molar-refractivity contribution in [1.29, 1.82) is 0 Å². The highest BCUT2D eigenvalue weighted by atomic mass is 35.5. The lowest BCUT2D eigenvalue weighted by Gasteiger charge is -2.38. The molecule has 2 rings (SSSR count). The summed E-state index contributed by atoms with van der Waals surface area (Å²) in [6, 6.07) is 5.57. The molecule has 0 unspecified atom stereocenters. The number of nitrogens with one attached hydrogen (secondary N) is 1. The van der Waals surface area contributed by atoms with Gasteiger partial charge >= 0.3 is 0 Å². The van der Waals surface area contributed by atoms with Crippen LogP contribution in [0.2, 0.25) is 5.02 Å². The second kappa shape index (κ2) is 7.34. The third kappa shape index (κ3) is 3.82. The first-order chi connectivity index (χ1) is 10.1. The number of rotatable bonds is 5. The smallest absolute Gasteiger partial charge is 0.234 e. The van der Waals surface area contributed by atoms with Crippen molar-refractivity contribution in [2.24, 2.45) is 0 Å². The fourth-order valence-electron chi connectivity index (χ4n) is 2.71. The molecule has 1 N–H and O–H groups in total. The van der Waals surface area contributed by atoms with Crippen LogP contribution in [0.25, 0.3) is 0 Å². The lowest BCUT2D eigenvalue weighted by Crippen LogP contribution is -2.45. The Morgan fingerprint density at radius 1 is 1.43 bits per heavy atom. The van der Waals surface area contributed by atoms with Crippen molar-refractivity contribution in [2.75, 3.05) is 32.7 Å². The van der Waals surface area contributed by atoms with Crippen LogP contribution in [-0.2, 0) is 14.9 Å². The van der Waals surface area contributed by atoms with Gasteiger partial charge < -0.3 is 14.8 Å². The molecule has 1 aromatic carbocycles. The van der Waals surface area contributed by atoms with Crippen molar-refractivity contribution in [3.8, 4) is 5.75 Å². The summed E-state index contributed by atoms with van der Waals surface area (Å²) in [6.07, 6.45) is 1.60. The van der Waals surface area contributed by atoms with Gasteiger partial charge in [-0.15, -0.1) is 11.6 Å². The lowest BCUT2D eigenvalue weighted by atomic mass is 9.73. The number of hydrogen-bond acceptors (Lipinski definition) is 3. The zero-order valence-corrected chi connectivity index (χ0v) is 13.5. The molecule has 21 heavy (non-hydrogen) atoms. The molecule has 0 atom stereocenters. The van der Waals surface area contributed by atoms with E-state index < -0.39 is 0 Å². The minimum atomic E-state index is -0.240. The van der Waals surface area contributed by atoms with Crippen molar-refractivity contribution in [2.45, 2.75) is 18.3 Å². The number of hydrogen-bond donors (Lipinski definition) is 1. The van der Waals surface area contributed by atoms with E-state index >= 15 is 0 Å². The Labute approximate surface area is 134 Å². The van der Waals surface area contributed by atoms with Crippen molar-refractivity contribution < 1.29 is 14.3 Å². The van der Waals surface area contributed by atoms with E-state index in [-0.39, 0.29) is 17.2 Å². The molecular formula is C15H19Cl2NO3. The molecule has 1 aliphatic heterocycles. The van der Waals surface area contributed by atoms with Gasteiger partial charge in [0.2, 0.25) is 5.91 Å². The van der Waals surface area contributed by atoms with E-state index in [9.17, 15) is 4.79 Å². The second-order valence-corrected chi connectivity index (χ2v) is 5.85. The van der Waals surface area contributed by atoms with Gasteiger partial charge in [0.25, 0.3) is 0 Å². The number of ether oxygens (including phenoxy) is 2. The SMILES string of the molecule is COc1ccc(Cl)cc1C1(CNC(=O)CCl)CCOCC1. The molecule has 4 nitrogen and oxygen atoms in total. The van der Waals surface area contributed by atoms with Crippen molar-refractivity contribution >= 4 is 29.1 Å². The van der Waals surface area contributed by atoms with Crippen LogP contribution >= 0.6 is 23.2 Å². The number of benzene rings is 1. The molecule has 1 fully saturated rings. The number of halogens is 2. The third-order valence-electron chi connectivity index (χ3n) is 3.93. The Morgan fingerprint density at radius 3 is 2.76 bits per heavy atom. The summed E-state index contributed by atoms with van der Waals surface area (Å²) in [5.74, 6) is 0.559. The van der Waals surface area contributed by atoms with E-state index in [2.05, 4.69) is 5.32 Å². The first-order valence-corrected chi connectivity index (χ1v) is 7.77. The van der Waals surface area contributed by atoms with E-state index in [1.54, 1.807) is 13.2 Å². The van der Waals surface area contributed by atoms with Crippen molar-refractivity contribution in [1.82, 2.24) is 5.32 Å². The molecular weight excluding hydrogens is 313 g/mol. The molecule has 6 heteroatoms. The summed E-state index contributed by atoms with van der Waals surface area (Å²) in [4.78, 5) is 11.5. The van der Waals surface area contributed by atoms with Gasteiger partial charge in [0.05, 0.1) is 7.11 Å². The molecule has 0 saturated carbocycles. The quantitative estimate of drug-likeness (QED) is 0.844. The minimum absolute atomic E-state index is 0.0424. The summed E-state index contributed by atoms with van der Waals surface area (Å²) in [7, 11) is 1.64. The van der Waals surface area contributed by atoms with Gasteiger partial charge in [0.1, 0.15) is 11.6 Å². The summed E-state index contributed by atoms with van der Waals surface area (Å²) in [5.41, 5.74) is 0.770. The van der Waals surface area contributed by atoms with Crippen molar-refractivity contribution in [3.05, 3.63) is 28.8 Å². The van der Waals surface area contributed by atoms with Crippen LogP contribution in [-0.4, -0.2) is 38.7 Å². The maximum absolute atomic E-state index is 11.5. The molecule has 0 spiro atoms. The summed E-state index contributed by atoms with van der Waals surface area (Å²) in [5, 5.41) is 3.54. The predicted molar refractivity (Wildman–Crippen MR) is 83.5 cm³/mol. The molecule has 1 heterocycles. The van der Waals surface area contributed by atoms with Crippen LogP contribution in [0.3, 0.4) is 0 Å². The Morgan fingerprint density at radius 2 is 2.14 bits per heavy atom. The first kappa shape index (κ1) is 16.4. The van der Waals surface area contributed by atoms with Crippen LogP contribution in [0.4, 0.5) is 0 Å². The number of carbonyl (C=O) groups excluding carboxylic acids is 1. The summed E-state index contributed by atoms with van der Waals surface area (Å²) in [6.45, 7) is 1.79. The third-order valence-corrected chi connectivity index (χ3v) is 4.41. The Bertz CT molecular complexity index is 502. The zero-order chi connectivity index (χ0) is 15.3. The molecule has 116 valence electrons. The maximum Gasteiger partial charge on any atom is 0.234 e. The average Bonchev–Trinajstić information content (AvgIpc) is 2.53. The Hall–Kier alpha value is -0.970. The number of carbonyl (C=O) groups is 1. The number of amides is 1. The molecule has 0 radical (unpaired) electrons. The maximum atomic E-state index is 11.5. The molecule has 1 saturated heterocycles. The first-order valence-electron chi connectivity index (χ1n) is 6.86. The van der Waals surface area contributed by atoms with E-state index in [0.29, 0.717) is 24.8 Å². The largest absolute Gasteiger partial charge is 0.496 e. The molecule has 1 aromatic rings. The van der Waals surface area contributed by atoms with Crippen LogP contribution in [0.15, 0.2) is 18.2 Å². The van der Waals surface area contributed by atoms with Crippen molar-refractivity contribution in [3.63, 3.8) is 0 Å². The Kier molecular flexibility index (Phi) is 5.73. The average molecular weight is 332 g/mol. The molecule has 0 aromatic heterocycles. The number of alkyl halides is 1. The van der Waals surface area contributed by atoms with E-state index in [1.165, 1.54) is 0 Å². The van der Waals surface area contributed by atoms with Gasteiger partial charge in [0, 0.05) is 35.8 Å². The van der Waals surface area contributed by atoms with Gasteiger partial charge in [-0.05, 0) is 31.0 Å². The molecule has 0 bridgehead atoms. The van der Waals surface area contributed by atoms with Crippen LogP contribution in [0.1, 0.15) is 18.4 Å². The van der Waals surface area contributed by atoms with Gasteiger partial charge in [-0.2, -0.15) is 0 Å². The monoisotopic (exact) mass is 331 g/mol. The van der Waals surface area contributed by atoms with Gasteiger partial charge in [-0.1, -0.05) is 11.6 Å². The number of methoxy groups -OCH3 is 1. The summed E-state index contributed by atoms with van der Waals surface area (Å²) < 4.78 is 10.9. The molecule has 1 aliphatic rings.